The number of benzene rings is 1. The standard InChI is InChI=1S/C31H31ClFN7O3/c1-6-21(42)38-14-18-12-35-26-23-29(39(18)13-17(38)5)37-31(43)40(28-16(4)10-11-34-25(28)15(2)3)30(23)36-27(24(26)32)22-19(33)8-7-9-20(22)41/h6-11,15,17-18,35,41H,1,12-14H2,2-5H3. The van der Waals surface area contributed by atoms with Gasteiger partial charge in [-0.15, -0.1) is 0 Å². The van der Waals surface area contributed by atoms with E-state index in [0.717, 1.165) is 5.56 Å². The molecule has 2 N–H and O–H groups in total. The monoisotopic (exact) mass is 603 g/mol. The van der Waals surface area contributed by atoms with Crippen LogP contribution in [-0.2, 0) is 4.79 Å². The second-order valence-electron chi connectivity index (χ2n) is 11.3. The van der Waals surface area contributed by atoms with Crippen molar-refractivity contribution in [1.29, 1.82) is 0 Å². The van der Waals surface area contributed by atoms with E-state index < -0.39 is 11.5 Å². The predicted molar refractivity (Wildman–Crippen MR) is 165 cm³/mol. The van der Waals surface area contributed by atoms with Crippen LogP contribution in [0, 0.1) is 12.7 Å². The van der Waals surface area contributed by atoms with Crippen molar-refractivity contribution in [3.05, 3.63) is 75.7 Å². The molecule has 10 nitrogen and oxygen atoms in total. The lowest BCUT2D eigenvalue weighted by Crippen LogP contribution is -2.60. The number of phenols is 1. The lowest BCUT2D eigenvalue weighted by atomic mass is 10.0. The number of hydrogen-bond acceptors (Lipinski definition) is 8. The zero-order valence-corrected chi connectivity index (χ0v) is 25.0. The van der Waals surface area contributed by atoms with Crippen molar-refractivity contribution in [3.8, 4) is 22.7 Å². The number of aryl methyl sites for hydroxylation is 1. The fourth-order valence-electron chi connectivity index (χ4n) is 6.10. The minimum absolute atomic E-state index is 0.0260. The van der Waals surface area contributed by atoms with E-state index in [2.05, 4.69) is 21.9 Å². The molecule has 1 fully saturated rings. The van der Waals surface area contributed by atoms with Crippen LogP contribution in [0.4, 0.5) is 15.9 Å². The summed E-state index contributed by atoms with van der Waals surface area (Å²) >= 11 is 7.00. The van der Waals surface area contributed by atoms with Gasteiger partial charge in [-0.05, 0) is 49.6 Å². The van der Waals surface area contributed by atoms with Crippen molar-refractivity contribution in [1.82, 2.24) is 24.4 Å². The zero-order chi connectivity index (χ0) is 30.7. The van der Waals surface area contributed by atoms with Crippen LogP contribution in [0.15, 0.2) is 47.9 Å². The van der Waals surface area contributed by atoms with Gasteiger partial charge in [0.25, 0.3) is 0 Å². The van der Waals surface area contributed by atoms with Gasteiger partial charge >= 0.3 is 5.69 Å². The molecule has 3 aromatic heterocycles. The smallest absolute Gasteiger partial charge is 0.355 e. The van der Waals surface area contributed by atoms with E-state index in [0.29, 0.717) is 47.9 Å². The van der Waals surface area contributed by atoms with E-state index >= 15 is 4.39 Å². The maximum Gasteiger partial charge on any atom is 0.355 e. The number of nitrogens with zero attached hydrogens (tertiary/aromatic N) is 6. The number of hydrogen-bond donors (Lipinski definition) is 2. The summed E-state index contributed by atoms with van der Waals surface area (Å²) in [6.45, 7) is 12.5. The Kier molecular flexibility index (Phi) is 7.08. The van der Waals surface area contributed by atoms with Gasteiger partial charge in [-0.2, -0.15) is 4.98 Å². The lowest BCUT2D eigenvalue weighted by Gasteiger charge is -2.45. The minimum Gasteiger partial charge on any atom is -0.507 e. The Morgan fingerprint density at radius 2 is 2.02 bits per heavy atom. The van der Waals surface area contributed by atoms with Crippen molar-refractivity contribution in [2.45, 2.75) is 45.7 Å². The number of piperazine rings is 1. The van der Waals surface area contributed by atoms with Crippen LogP contribution in [0.1, 0.15) is 37.9 Å². The molecule has 2 unspecified atom stereocenters. The Morgan fingerprint density at radius 1 is 1.26 bits per heavy atom. The van der Waals surface area contributed by atoms with Gasteiger partial charge in [-0.1, -0.05) is 38.1 Å². The van der Waals surface area contributed by atoms with Gasteiger partial charge in [0.05, 0.1) is 39.1 Å². The summed E-state index contributed by atoms with van der Waals surface area (Å²) in [6, 6.07) is 5.28. The molecule has 2 aliphatic heterocycles. The molecule has 6 rings (SSSR count). The number of fused-ring (bicyclic) bond motifs is 2. The maximum atomic E-state index is 15.3. The van der Waals surface area contributed by atoms with Crippen molar-refractivity contribution in [2.75, 3.05) is 29.9 Å². The van der Waals surface area contributed by atoms with Crippen LogP contribution in [-0.4, -0.2) is 67.2 Å². The second kappa shape index (κ2) is 10.6. The molecule has 222 valence electrons. The van der Waals surface area contributed by atoms with Gasteiger partial charge in [0.15, 0.2) is 5.65 Å². The highest BCUT2D eigenvalue weighted by Gasteiger charge is 2.39. The molecule has 0 bridgehead atoms. The number of aromatic hydroxyl groups is 1. The first-order valence-corrected chi connectivity index (χ1v) is 14.4. The summed E-state index contributed by atoms with van der Waals surface area (Å²) in [5, 5.41) is 14.7. The summed E-state index contributed by atoms with van der Waals surface area (Å²) in [4.78, 5) is 44.5. The second-order valence-corrected chi connectivity index (χ2v) is 11.7. The van der Waals surface area contributed by atoms with Crippen LogP contribution >= 0.6 is 11.6 Å². The molecule has 5 heterocycles. The molecular weight excluding hydrogens is 573 g/mol. The Labute approximate surface area is 252 Å². The molecule has 1 saturated heterocycles. The highest BCUT2D eigenvalue weighted by Crippen LogP contribution is 2.46. The van der Waals surface area contributed by atoms with E-state index in [4.69, 9.17) is 16.6 Å². The van der Waals surface area contributed by atoms with Crippen LogP contribution < -0.4 is 15.9 Å². The molecule has 1 aromatic carbocycles. The van der Waals surface area contributed by atoms with Gasteiger partial charge in [0.2, 0.25) is 5.91 Å². The van der Waals surface area contributed by atoms with Crippen molar-refractivity contribution in [3.63, 3.8) is 0 Å². The molecule has 12 heteroatoms. The molecule has 0 aliphatic carbocycles. The van der Waals surface area contributed by atoms with E-state index in [1.807, 2.05) is 32.6 Å². The van der Waals surface area contributed by atoms with Gasteiger partial charge in [0.1, 0.15) is 23.1 Å². The average Bonchev–Trinajstić information content (AvgIpc) is 3.12. The molecule has 0 spiro atoms. The number of rotatable bonds is 4. The number of pyridine rings is 2. The largest absolute Gasteiger partial charge is 0.507 e. The first-order valence-electron chi connectivity index (χ1n) is 14.1. The lowest BCUT2D eigenvalue weighted by molar-refractivity contribution is -0.128. The van der Waals surface area contributed by atoms with Gasteiger partial charge in [-0.25, -0.2) is 18.7 Å². The average molecular weight is 604 g/mol. The van der Waals surface area contributed by atoms with Gasteiger partial charge in [0, 0.05) is 31.9 Å². The summed E-state index contributed by atoms with van der Waals surface area (Å²) < 4.78 is 16.7. The molecule has 0 radical (unpaired) electrons. The fraction of sp³-hybridized carbons (Fsp3) is 0.323. The van der Waals surface area contributed by atoms with Crippen LogP contribution in [0.25, 0.3) is 28.0 Å². The summed E-state index contributed by atoms with van der Waals surface area (Å²) in [7, 11) is 0. The SMILES string of the molecule is C=CC(=O)N1CC2CNc3c(Cl)c(-c4c(O)cccc4F)nc4c3c(nc(=O)n4-c3c(C)ccnc3C(C)C)N2CC1C. The quantitative estimate of drug-likeness (QED) is 0.320. The molecule has 2 atom stereocenters. The molecule has 4 aromatic rings. The van der Waals surface area contributed by atoms with Gasteiger partial charge in [-0.3, -0.25) is 9.78 Å². The summed E-state index contributed by atoms with van der Waals surface area (Å²) in [6.07, 6.45) is 2.98. The van der Waals surface area contributed by atoms with E-state index in [9.17, 15) is 14.7 Å². The first-order chi connectivity index (χ1) is 20.5. The molecule has 2 aliphatic rings. The number of anilines is 2. The Bertz CT molecular complexity index is 1850. The van der Waals surface area contributed by atoms with E-state index in [-0.39, 0.29) is 51.6 Å². The van der Waals surface area contributed by atoms with Crippen molar-refractivity contribution < 1.29 is 14.3 Å². The molecule has 0 saturated carbocycles. The third-order valence-electron chi connectivity index (χ3n) is 8.19. The Hall–Kier alpha value is -4.51. The topological polar surface area (TPSA) is 116 Å². The van der Waals surface area contributed by atoms with Crippen LogP contribution in [0.2, 0.25) is 5.02 Å². The molecule has 43 heavy (non-hydrogen) atoms. The number of carbonyl (C=O) groups excluding carboxylic acids is 1. The minimum atomic E-state index is -0.719. The highest BCUT2D eigenvalue weighted by atomic mass is 35.5. The fourth-order valence-corrected chi connectivity index (χ4v) is 6.40. The number of carbonyl (C=O) groups is 1. The summed E-state index contributed by atoms with van der Waals surface area (Å²) in [5.41, 5.74) is 1.75. The normalized spacial score (nSPS) is 17.9. The molecule has 1 amide bonds. The third kappa shape index (κ3) is 4.50. The number of nitrogens with one attached hydrogen (secondary N) is 1. The number of amides is 1. The van der Waals surface area contributed by atoms with E-state index in [1.165, 1.54) is 28.8 Å². The molecular formula is C31H31ClFN7O3. The van der Waals surface area contributed by atoms with Gasteiger partial charge < -0.3 is 20.2 Å². The van der Waals surface area contributed by atoms with E-state index in [1.54, 1.807) is 17.2 Å². The predicted octanol–water partition coefficient (Wildman–Crippen LogP) is 4.79. The highest BCUT2D eigenvalue weighted by molar-refractivity contribution is 6.37. The third-order valence-corrected chi connectivity index (χ3v) is 8.55. The summed E-state index contributed by atoms with van der Waals surface area (Å²) in [5.74, 6) is -0.934. The number of phenolic OH excluding ortho intramolecular Hbond substituents is 1. The van der Waals surface area contributed by atoms with Crippen molar-refractivity contribution in [2.24, 2.45) is 0 Å². The first kappa shape index (κ1) is 28.6. The zero-order valence-electron chi connectivity index (χ0n) is 24.2. The maximum absolute atomic E-state index is 15.3. The van der Waals surface area contributed by atoms with Crippen molar-refractivity contribution >= 4 is 40.0 Å². The number of halogens is 2. The van der Waals surface area contributed by atoms with Crippen LogP contribution in [0.5, 0.6) is 5.75 Å². The van der Waals surface area contributed by atoms with Crippen LogP contribution in [0.3, 0.4) is 0 Å². The number of aromatic nitrogens is 4. The Balaban J connectivity index is 1.72. The Morgan fingerprint density at radius 3 is 2.72 bits per heavy atom.